The van der Waals surface area contributed by atoms with Crippen LogP contribution in [-0.4, -0.2) is 24.3 Å². The monoisotopic (exact) mass is 485 g/mol. The molecule has 0 aliphatic carbocycles. The van der Waals surface area contributed by atoms with E-state index in [1.807, 2.05) is 36.4 Å². The summed E-state index contributed by atoms with van der Waals surface area (Å²) < 4.78 is 27.0. The molecule has 0 bridgehead atoms. The normalized spacial score (nSPS) is 12.0. The van der Waals surface area contributed by atoms with Gasteiger partial charge in [-0.15, -0.1) is 0 Å². The van der Waals surface area contributed by atoms with E-state index in [0.717, 1.165) is 12.0 Å². The number of anilines is 3. The lowest BCUT2D eigenvalue weighted by Crippen LogP contribution is -2.16. The molecule has 35 heavy (non-hydrogen) atoms. The van der Waals surface area contributed by atoms with Crippen molar-refractivity contribution in [3.63, 3.8) is 0 Å². The number of nitrogens with zero attached hydrogens (tertiary/aromatic N) is 3. The van der Waals surface area contributed by atoms with Crippen LogP contribution in [0.25, 0.3) is 11.0 Å². The highest BCUT2D eigenvalue weighted by molar-refractivity contribution is 7.92. The van der Waals surface area contributed by atoms with Gasteiger partial charge in [0.05, 0.1) is 22.0 Å². The second kappa shape index (κ2) is 9.91. The minimum absolute atomic E-state index is 0.0108. The van der Waals surface area contributed by atoms with Crippen molar-refractivity contribution in [1.29, 1.82) is 5.26 Å². The van der Waals surface area contributed by atoms with Gasteiger partial charge in [-0.1, -0.05) is 31.2 Å². The Balaban J connectivity index is 1.79. The molecule has 3 aromatic carbocycles. The number of hydrogen-bond donors (Lipinski definition) is 2. The summed E-state index contributed by atoms with van der Waals surface area (Å²) >= 11 is 0. The van der Waals surface area contributed by atoms with Gasteiger partial charge in [0.15, 0.2) is 11.1 Å². The van der Waals surface area contributed by atoms with Crippen molar-refractivity contribution < 1.29 is 13.2 Å². The molecule has 0 saturated heterocycles. The van der Waals surface area contributed by atoms with Gasteiger partial charge >= 0.3 is 0 Å². The van der Waals surface area contributed by atoms with E-state index in [0.29, 0.717) is 22.4 Å². The molecule has 1 atom stereocenters. The number of carbonyl (C=O) groups excluding carboxylic acids is 1. The van der Waals surface area contributed by atoms with Crippen molar-refractivity contribution in [3.8, 4) is 6.07 Å². The minimum Gasteiger partial charge on any atom is -0.339 e. The Labute approximate surface area is 203 Å². The van der Waals surface area contributed by atoms with Crippen LogP contribution in [0.1, 0.15) is 30.4 Å². The number of fused-ring (bicyclic) bond motifs is 1. The molecule has 8 nitrogen and oxygen atoms in total. The number of amides is 1. The van der Waals surface area contributed by atoms with E-state index >= 15 is 0 Å². The van der Waals surface area contributed by atoms with Crippen LogP contribution in [0.5, 0.6) is 0 Å². The maximum Gasteiger partial charge on any atom is 0.221 e. The summed E-state index contributed by atoms with van der Waals surface area (Å²) in [6.45, 7) is 3.42. The van der Waals surface area contributed by atoms with Crippen molar-refractivity contribution in [2.24, 2.45) is 0 Å². The van der Waals surface area contributed by atoms with Gasteiger partial charge in [-0.05, 0) is 60.5 Å². The standard InChI is InChI=1S/C26H23N5O3S/c1-3-18-8-10-20(11-9-18)29-26-25(30-22-6-4-5-7-23(22)31-26)24(16-27)35(33,34)21-14-12-19(13-15-21)28-17(2)32/h4-15,24H,3H2,1-2H3,(H,28,32)(H,29,31)/t24-/m0/s1. The molecule has 0 aliphatic heterocycles. The highest BCUT2D eigenvalue weighted by Gasteiger charge is 2.33. The summed E-state index contributed by atoms with van der Waals surface area (Å²) in [5.74, 6) is -0.0810. The topological polar surface area (TPSA) is 125 Å². The molecular weight excluding hydrogens is 462 g/mol. The molecule has 0 unspecified atom stereocenters. The summed E-state index contributed by atoms with van der Waals surface area (Å²) in [5, 5.41) is 14.1. The summed E-state index contributed by atoms with van der Waals surface area (Å²) in [7, 11) is -4.16. The fourth-order valence-electron chi connectivity index (χ4n) is 3.59. The molecule has 1 heterocycles. The molecule has 176 valence electrons. The predicted octanol–water partition coefficient (Wildman–Crippen LogP) is 4.93. The van der Waals surface area contributed by atoms with Crippen LogP contribution in [0, 0.1) is 11.3 Å². The van der Waals surface area contributed by atoms with Crippen molar-refractivity contribution in [2.45, 2.75) is 30.4 Å². The Morgan fingerprint density at radius 1 is 0.943 bits per heavy atom. The van der Waals surface area contributed by atoms with Gasteiger partial charge < -0.3 is 10.6 Å². The Morgan fingerprint density at radius 3 is 2.11 bits per heavy atom. The van der Waals surface area contributed by atoms with E-state index in [9.17, 15) is 18.5 Å². The van der Waals surface area contributed by atoms with Crippen LogP contribution < -0.4 is 10.6 Å². The van der Waals surface area contributed by atoms with E-state index in [2.05, 4.69) is 27.5 Å². The number of benzene rings is 3. The first-order chi connectivity index (χ1) is 16.8. The van der Waals surface area contributed by atoms with Crippen LogP contribution in [0.15, 0.2) is 77.7 Å². The average molecular weight is 486 g/mol. The Kier molecular flexibility index (Phi) is 6.75. The van der Waals surface area contributed by atoms with Gasteiger partial charge in [-0.2, -0.15) is 5.26 Å². The largest absolute Gasteiger partial charge is 0.339 e. The molecule has 4 aromatic rings. The maximum atomic E-state index is 13.5. The quantitative estimate of drug-likeness (QED) is 0.380. The molecule has 0 radical (unpaired) electrons. The number of sulfone groups is 1. The molecule has 4 rings (SSSR count). The van der Waals surface area contributed by atoms with E-state index in [1.54, 1.807) is 18.2 Å². The van der Waals surface area contributed by atoms with Crippen molar-refractivity contribution in [3.05, 3.63) is 84.1 Å². The molecule has 2 N–H and O–H groups in total. The average Bonchev–Trinajstić information content (AvgIpc) is 2.85. The summed E-state index contributed by atoms with van der Waals surface area (Å²) in [4.78, 5) is 20.3. The van der Waals surface area contributed by atoms with Gasteiger partial charge in [0.1, 0.15) is 5.69 Å². The van der Waals surface area contributed by atoms with E-state index in [4.69, 9.17) is 0 Å². The first-order valence-electron chi connectivity index (χ1n) is 11.0. The minimum atomic E-state index is -4.16. The van der Waals surface area contributed by atoms with E-state index < -0.39 is 15.1 Å². The zero-order chi connectivity index (χ0) is 25.0. The SMILES string of the molecule is CCc1ccc(Nc2nc3ccccc3nc2[C@H](C#N)S(=O)(=O)c2ccc(NC(C)=O)cc2)cc1. The van der Waals surface area contributed by atoms with Crippen LogP contribution in [-0.2, 0) is 21.1 Å². The van der Waals surface area contributed by atoms with Crippen LogP contribution in [0.2, 0.25) is 0 Å². The lowest BCUT2D eigenvalue weighted by Gasteiger charge is -2.16. The summed E-state index contributed by atoms with van der Waals surface area (Å²) in [6.07, 6.45) is 0.886. The Morgan fingerprint density at radius 2 is 1.54 bits per heavy atom. The number of nitriles is 1. The fraction of sp³-hybridized carbons (Fsp3) is 0.154. The van der Waals surface area contributed by atoms with Crippen LogP contribution >= 0.6 is 0 Å². The molecule has 0 fully saturated rings. The lowest BCUT2D eigenvalue weighted by molar-refractivity contribution is -0.114. The molecule has 0 saturated carbocycles. The molecule has 1 aromatic heterocycles. The van der Waals surface area contributed by atoms with Gasteiger partial charge in [0.25, 0.3) is 0 Å². The zero-order valence-corrected chi connectivity index (χ0v) is 20.0. The van der Waals surface area contributed by atoms with Crippen LogP contribution in [0.4, 0.5) is 17.2 Å². The number of nitrogens with one attached hydrogen (secondary N) is 2. The summed E-state index contributed by atoms with van der Waals surface area (Å²) in [5.41, 5.74) is 3.36. The van der Waals surface area contributed by atoms with Gasteiger partial charge in [-0.3, -0.25) is 4.79 Å². The summed E-state index contributed by atoms with van der Waals surface area (Å²) in [6, 6.07) is 22.3. The molecule has 1 amide bonds. The Bertz CT molecular complexity index is 1530. The van der Waals surface area contributed by atoms with Crippen LogP contribution in [0.3, 0.4) is 0 Å². The lowest BCUT2D eigenvalue weighted by atomic mass is 10.1. The highest BCUT2D eigenvalue weighted by atomic mass is 32.2. The van der Waals surface area contributed by atoms with Crippen molar-refractivity contribution in [2.75, 3.05) is 10.6 Å². The second-order valence-electron chi connectivity index (χ2n) is 7.88. The predicted molar refractivity (Wildman–Crippen MR) is 135 cm³/mol. The third-order valence-corrected chi connectivity index (χ3v) is 7.28. The number of aryl methyl sites for hydroxylation is 1. The van der Waals surface area contributed by atoms with E-state index in [1.165, 1.54) is 31.2 Å². The Hall–Kier alpha value is -4.29. The van der Waals surface area contributed by atoms with Gasteiger partial charge in [-0.25, -0.2) is 18.4 Å². The van der Waals surface area contributed by atoms with Gasteiger partial charge in [0.2, 0.25) is 15.7 Å². The first-order valence-corrected chi connectivity index (χ1v) is 12.5. The van der Waals surface area contributed by atoms with E-state index in [-0.39, 0.29) is 22.3 Å². The second-order valence-corrected chi connectivity index (χ2v) is 9.91. The number of aromatic nitrogens is 2. The number of carbonyl (C=O) groups is 1. The first kappa shape index (κ1) is 23.9. The third kappa shape index (κ3) is 5.13. The highest BCUT2D eigenvalue weighted by Crippen LogP contribution is 2.34. The molecule has 0 aliphatic rings. The van der Waals surface area contributed by atoms with Gasteiger partial charge in [0, 0.05) is 18.3 Å². The zero-order valence-electron chi connectivity index (χ0n) is 19.2. The van der Waals surface area contributed by atoms with Crippen molar-refractivity contribution >= 4 is 44.0 Å². The maximum absolute atomic E-state index is 13.5. The molecule has 9 heteroatoms. The molecule has 0 spiro atoms. The number of rotatable bonds is 7. The fourth-order valence-corrected chi connectivity index (χ4v) is 4.98. The van der Waals surface area contributed by atoms with Crippen molar-refractivity contribution in [1.82, 2.24) is 9.97 Å². The molecular formula is C26H23N5O3S. The third-order valence-electron chi connectivity index (χ3n) is 5.40. The number of para-hydroxylation sites is 2. The number of hydrogen-bond acceptors (Lipinski definition) is 7. The smallest absolute Gasteiger partial charge is 0.221 e.